The van der Waals surface area contributed by atoms with Crippen LogP contribution < -0.4 is 15.2 Å². The van der Waals surface area contributed by atoms with Crippen LogP contribution in [0.25, 0.3) is 0 Å². The number of carbonyl (C=O) groups is 1. The van der Waals surface area contributed by atoms with E-state index in [0.717, 1.165) is 32.8 Å². The number of rotatable bonds is 4. The summed E-state index contributed by atoms with van der Waals surface area (Å²) in [5.74, 6) is 0. The highest BCUT2D eigenvalue weighted by atomic mass is 32.2. The molecule has 8 heteroatoms. The number of hydrogen-bond donors (Lipinski definition) is 3. The SMILES string of the molecule is COC(=O)NS(=O)(=O)NC1(CN)CCCCCC1. The first-order chi connectivity index (χ1) is 8.43. The fourth-order valence-corrected chi connectivity index (χ4v) is 3.43. The Morgan fingerprint density at radius 3 is 2.28 bits per heavy atom. The molecule has 0 heterocycles. The maximum absolute atomic E-state index is 11.8. The van der Waals surface area contributed by atoms with E-state index < -0.39 is 21.8 Å². The third kappa shape index (κ3) is 4.43. The van der Waals surface area contributed by atoms with Crippen molar-refractivity contribution in [2.45, 2.75) is 44.1 Å². The predicted octanol–water partition coefficient (Wildman–Crippen LogP) is 0.228. The van der Waals surface area contributed by atoms with Crippen molar-refractivity contribution in [1.29, 1.82) is 0 Å². The molecule has 1 aliphatic carbocycles. The maximum Gasteiger partial charge on any atom is 0.421 e. The van der Waals surface area contributed by atoms with Crippen LogP contribution in [0.5, 0.6) is 0 Å². The van der Waals surface area contributed by atoms with Crippen LogP contribution in [-0.4, -0.2) is 33.7 Å². The molecule has 1 aliphatic rings. The van der Waals surface area contributed by atoms with Gasteiger partial charge in [-0.15, -0.1) is 0 Å². The van der Waals surface area contributed by atoms with E-state index >= 15 is 0 Å². The van der Waals surface area contributed by atoms with E-state index in [4.69, 9.17) is 5.73 Å². The van der Waals surface area contributed by atoms with Gasteiger partial charge in [0.25, 0.3) is 0 Å². The molecule has 1 rings (SSSR count). The highest BCUT2D eigenvalue weighted by Crippen LogP contribution is 2.26. The molecule has 7 nitrogen and oxygen atoms in total. The van der Waals surface area contributed by atoms with Crippen LogP contribution in [0.4, 0.5) is 4.79 Å². The summed E-state index contributed by atoms with van der Waals surface area (Å²) in [5.41, 5.74) is 5.05. The Balaban J connectivity index is 2.74. The third-order valence-corrected chi connectivity index (χ3v) is 4.34. The second-order valence-corrected chi connectivity index (χ2v) is 6.01. The molecule has 0 unspecified atom stereocenters. The Hall–Kier alpha value is -0.860. The van der Waals surface area contributed by atoms with Crippen LogP contribution in [0.2, 0.25) is 0 Å². The van der Waals surface area contributed by atoms with Crippen molar-refractivity contribution < 1.29 is 17.9 Å². The van der Waals surface area contributed by atoms with E-state index in [9.17, 15) is 13.2 Å². The Morgan fingerprint density at radius 2 is 1.83 bits per heavy atom. The monoisotopic (exact) mass is 279 g/mol. The first kappa shape index (κ1) is 15.2. The third-order valence-electron chi connectivity index (χ3n) is 3.21. The standard InChI is InChI=1S/C10H21N3O4S/c1-17-9(14)12-18(15,16)13-10(8-11)6-4-2-3-5-7-10/h13H,2-8,11H2,1H3,(H,12,14). The molecule has 0 aromatic carbocycles. The van der Waals surface area contributed by atoms with Gasteiger partial charge in [-0.05, 0) is 12.8 Å². The van der Waals surface area contributed by atoms with Gasteiger partial charge in [-0.25, -0.2) is 9.52 Å². The molecule has 0 saturated heterocycles. The van der Waals surface area contributed by atoms with E-state index in [2.05, 4.69) is 9.46 Å². The van der Waals surface area contributed by atoms with Crippen molar-refractivity contribution in [3.05, 3.63) is 0 Å². The smallest absolute Gasteiger partial charge is 0.421 e. The van der Waals surface area contributed by atoms with Gasteiger partial charge in [-0.1, -0.05) is 25.7 Å². The lowest BCUT2D eigenvalue weighted by Crippen LogP contribution is -2.57. The van der Waals surface area contributed by atoms with Crippen molar-refractivity contribution in [1.82, 2.24) is 9.44 Å². The summed E-state index contributed by atoms with van der Waals surface area (Å²) in [6.45, 7) is 0.217. The summed E-state index contributed by atoms with van der Waals surface area (Å²) in [4.78, 5) is 10.9. The molecule has 0 bridgehead atoms. The minimum absolute atomic E-state index is 0.217. The van der Waals surface area contributed by atoms with Gasteiger partial charge in [0.2, 0.25) is 0 Å². The van der Waals surface area contributed by atoms with Gasteiger partial charge in [0.15, 0.2) is 0 Å². The highest BCUT2D eigenvalue weighted by molar-refractivity contribution is 7.88. The quantitative estimate of drug-likeness (QED) is 0.638. The van der Waals surface area contributed by atoms with Gasteiger partial charge < -0.3 is 10.5 Å². The van der Waals surface area contributed by atoms with Crippen LogP contribution in [0.15, 0.2) is 0 Å². The lowest BCUT2D eigenvalue weighted by atomic mass is 9.92. The van der Waals surface area contributed by atoms with Crippen molar-refractivity contribution in [2.24, 2.45) is 5.73 Å². The average molecular weight is 279 g/mol. The molecular formula is C10H21N3O4S. The van der Waals surface area contributed by atoms with Crippen molar-refractivity contribution in [3.63, 3.8) is 0 Å². The van der Waals surface area contributed by atoms with Crippen LogP contribution in [0.3, 0.4) is 0 Å². The zero-order valence-corrected chi connectivity index (χ0v) is 11.4. The number of carbonyl (C=O) groups excluding carboxylic acids is 1. The van der Waals surface area contributed by atoms with Gasteiger partial charge in [0.05, 0.1) is 7.11 Å². The normalized spacial score (nSPS) is 19.9. The average Bonchev–Trinajstić information content (AvgIpc) is 2.54. The number of methoxy groups -OCH3 is 1. The number of ether oxygens (including phenoxy) is 1. The summed E-state index contributed by atoms with van der Waals surface area (Å²) < 4.78 is 32.1. The molecule has 0 aromatic heterocycles. The Morgan fingerprint density at radius 1 is 1.28 bits per heavy atom. The number of hydrogen-bond acceptors (Lipinski definition) is 5. The molecule has 0 aliphatic heterocycles. The van der Waals surface area contributed by atoms with Crippen LogP contribution in [0.1, 0.15) is 38.5 Å². The summed E-state index contributed by atoms with van der Waals surface area (Å²) in [6.07, 6.45) is 4.37. The van der Waals surface area contributed by atoms with Gasteiger partial charge >= 0.3 is 16.3 Å². The van der Waals surface area contributed by atoms with E-state index in [1.54, 1.807) is 4.72 Å². The van der Waals surface area contributed by atoms with Gasteiger partial charge in [-0.2, -0.15) is 13.1 Å². The fraction of sp³-hybridized carbons (Fsp3) is 0.900. The molecule has 0 aromatic rings. The largest absolute Gasteiger partial charge is 0.452 e. The van der Waals surface area contributed by atoms with Crippen molar-refractivity contribution in [2.75, 3.05) is 13.7 Å². The summed E-state index contributed by atoms with van der Waals surface area (Å²) in [6, 6.07) is 0. The molecule has 106 valence electrons. The van der Waals surface area contributed by atoms with Gasteiger partial charge in [0.1, 0.15) is 0 Å². The van der Waals surface area contributed by atoms with Gasteiger partial charge in [0, 0.05) is 12.1 Å². The first-order valence-electron chi connectivity index (χ1n) is 6.03. The predicted molar refractivity (Wildman–Crippen MR) is 67.1 cm³/mol. The Kier molecular flexibility index (Phi) is 5.36. The zero-order valence-electron chi connectivity index (χ0n) is 10.6. The van der Waals surface area contributed by atoms with Crippen LogP contribution in [0, 0.1) is 0 Å². The van der Waals surface area contributed by atoms with Gasteiger partial charge in [-0.3, -0.25) is 0 Å². The van der Waals surface area contributed by atoms with E-state index in [1.165, 1.54) is 0 Å². The first-order valence-corrected chi connectivity index (χ1v) is 7.51. The molecule has 4 N–H and O–H groups in total. The molecule has 0 spiro atoms. The molecule has 1 fully saturated rings. The molecule has 1 amide bonds. The highest BCUT2D eigenvalue weighted by Gasteiger charge is 2.34. The molecule has 0 atom stereocenters. The van der Waals surface area contributed by atoms with Crippen molar-refractivity contribution >= 4 is 16.3 Å². The molecular weight excluding hydrogens is 258 g/mol. The van der Waals surface area contributed by atoms with Crippen LogP contribution in [-0.2, 0) is 14.9 Å². The minimum atomic E-state index is -3.93. The topological polar surface area (TPSA) is 111 Å². The maximum atomic E-state index is 11.8. The summed E-state index contributed by atoms with van der Waals surface area (Å²) in [5, 5.41) is 0. The van der Waals surface area contributed by atoms with Crippen LogP contribution >= 0.6 is 0 Å². The molecule has 18 heavy (non-hydrogen) atoms. The van der Waals surface area contributed by atoms with E-state index in [1.807, 2.05) is 0 Å². The lowest BCUT2D eigenvalue weighted by Gasteiger charge is -2.31. The Labute approximate surface area is 108 Å². The fourth-order valence-electron chi connectivity index (χ4n) is 2.22. The number of amides is 1. The van der Waals surface area contributed by atoms with E-state index in [0.29, 0.717) is 12.8 Å². The lowest BCUT2D eigenvalue weighted by molar-refractivity contribution is 0.177. The zero-order chi connectivity index (χ0) is 13.6. The molecule has 1 saturated carbocycles. The Bertz CT molecular complexity index is 375. The second kappa shape index (κ2) is 6.35. The number of nitrogens with one attached hydrogen (secondary N) is 2. The molecule has 0 radical (unpaired) electrons. The minimum Gasteiger partial charge on any atom is -0.452 e. The van der Waals surface area contributed by atoms with E-state index in [-0.39, 0.29) is 6.54 Å². The summed E-state index contributed by atoms with van der Waals surface area (Å²) in [7, 11) is -2.83. The van der Waals surface area contributed by atoms with Crippen molar-refractivity contribution in [3.8, 4) is 0 Å². The number of nitrogens with two attached hydrogens (primary N) is 1. The summed E-state index contributed by atoms with van der Waals surface area (Å²) >= 11 is 0. The second-order valence-electron chi connectivity index (χ2n) is 4.60.